The fraction of sp³-hybridized carbons (Fsp3) is 0.529. The van der Waals surface area contributed by atoms with E-state index in [0.717, 1.165) is 24.0 Å². The van der Waals surface area contributed by atoms with Crippen LogP contribution in [0, 0.1) is 0 Å². The topological polar surface area (TPSA) is 265 Å². The molecule has 0 spiro atoms. The van der Waals surface area contributed by atoms with Crippen LogP contribution in [-0.2, 0) is 48.6 Å². The molecule has 270 valence electrons. The number of ether oxygens (including phenoxy) is 2. The van der Waals surface area contributed by atoms with E-state index in [1.807, 2.05) is 0 Å². The molecule has 16 heteroatoms. The predicted octanol–water partition coefficient (Wildman–Crippen LogP) is -1.92. The van der Waals surface area contributed by atoms with E-state index < -0.39 is 60.8 Å². The van der Waals surface area contributed by atoms with E-state index in [4.69, 9.17) is 32.4 Å². The van der Waals surface area contributed by atoms with E-state index >= 15 is 0 Å². The van der Waals surface area contributed by atoms with Crippen LogP contribution in [0.2, 0.25) is 0 Å². The number of hydrogen-bond acceptors (Lipinski definition) is 14. The molecule has 16 nitrogen and oxygen atoms in total. The molecule has 0 amide bonds. The molecule has 10 atom stereocenters. The van der Waals surface area contributed by atoms with Crippen LogP contribution in [0.4, 0.5) is 0 Å². The number of nitrogens with two attached hydrogens (primary N) is 4. The maximum atomic E-state index is 10.3. The lowest BCUT2D eigenvalue weighted by Gasteiger charge is -2.39. The van der Waals surface area contributed by atoms with Crippen LogP contribution in [-0.4, -0.2) is 111 Å². The third kappa shape index (κ3) is 8.78. The number of nitrogens with zero attached hydrogens (tertiary/aromatic N) is 6. The third-order valence-corrected chi connectivity index (χ3v) is 9.64. The summed E-state index contributed by atoms with van der Waals surface area (Å²) in [4.78, 5) is 0. The zero-order chi connectivity index (χ0) is 35.4. The molecule has 0 unspecified atom stereocenters. The van der Waals surface area contributed by atoms with E-state index in [1.165, 1.54) is 11.1 Å². The molecule has 2 saturated carbocycles. The van der Waals surface area contributed by atoms with Gasteiger partial charge < -0.3 is 52.8 Å². The van der Waals surface area contributed by atoms with Gasteiger partial charge in [-0.25, -0.2) is 9.36 Å². The van der Waals surface area contributed by atoms with Crippen molar-refractivity contribution in [2.24, 2.45) is 22.9 Å². The molecular weight excluding hydrogens is 644 g/mol. The average molecular weight is 693 g/mol. The van der Waals surface area contributed by atoms with Crippen molar-refractivity contribution in [1.82, 2.24) is 30.0 Å². The third-order valence-electron chi connectivity index (χ3n) is 9.64. The Morgan fingerprint density at radius 3 is 1.28 bits per heavy atom. The van der Waals surface area contributed by atoms with Crippen LogP contribution in [0.1, 0.15) is 46.5 Å². The molecule has 6 rings (SSSR count). The summed E-state index contributed by atoms with van der Waals surface area (Å²) in [6.07, 6.45) is 0.158. The van der Waals surface area contributed by atoms with Crippen molar-refractivity contribution in [1.29, 1.82) is 0 Å². The summed E-state index contributed by atoms with van der Waals surface area (Å²) in [6.45, 7) is 1.32. The van der Waals surface area contributed by atoms with E-state index in [-0.39, 0.29) is 13.2 Å². The van der Waals surface area contributed by atoms with Gasteiger partial charge in [0.05, 0.1) is 50.9 Å². The van der Waals surface area contributed by atoms with Gasteiger partial charge in [-0.1, -0.05) is 59.0 Å². The Hall–Kier alpha value is -3.68. The van der Waals surface area contributed by atoms with Gasteiger partial charge in [0.2, 0.25) is 0 Å². The molecule has 0 bridgehead atoms. The van der Waals surface area contributed by atoms with Crippen molar-refractivity contribution < 1.29 is 29.9 Å². The van der Waals surface area contributed by atoms with Crippen molar-refractivity contribution in [2.75, 3.05) is 0 Å². The molecule has 2 aromatic heterocycles. The highest BCUT2D eigenvalue weighted by molar-refractivity contribution is 5.26. The summed E-state index contributed by atoms with van der Waals surface area (Å²) < 4.78 is 15.0. The highest BCUT2D eigenvalue weighted by Gasteiger charge is 2.42. The largest absolute Gasteiger partial charge is 0.389 e. The lowest BCUT2D eigenvalue weighted by molar-refractivity contribution is -0.132. The van der Waals surface area contributed by atoms with Crippen LogP contribution in [0.3, 0.4) is 0 Å². The van der Waals surface area contributed by atoms with Gasteiger partial charge in [0.15, 0.2) is 0 Å². The first-order valence-electron chi connectivity index (χ1n) is 17.0. The van der Waals surface area contributed by atoms with Crippen LogP contribution >= 0.6 is 0 Å². The molecule has 0 saturated heterocycles. The molecule has 2 aliphatic rings. The maximum Gasteiger partial charge on any atom is 0.109 e. The van der Waals surface area contributed by atoms with Crippen LogP contribution in [0.15, 0.2) is 60.9 Å². The van der Waals surface area contributed by atoms with Gasteiger partial charge in [0.25, 0.3) is 0 Å². The number of rotatable bonds is 13. The molecule has 2 heterocycles. The minimum absolute atomic E-state index is 0.112. The van der Waals surface area contributed by atoms with Crippen molar-refractivity contribution in [3.8, 4) is 0 Å². The Morgan fingerprint density at radius 2 is 0.900 bits per heavy atom. The Kier molecular flexibility index (Phi) is 11.6. The molecule has 2 aliphatic carbocycles. The van der Waals surface area contributed by atoms with Crippen molar-refractivity contribution in [3.63, 3.8) is 0 Å². The maximum absolute atomic E-state index is 10.3. The molecular formula is C34H48N10O6. The molecule has 2 aromatic carbocycles. The number of aliphatic hydroxyl groups excluding tert-OH is 4. The van der Waals surface area contributed by atoms with E-state index in [2.05, 4.69) is 69.2 Å². The van der Waals surface area contributed by atoms with Crippen molar-refractivity contribution >= 4 is 0 Å². The lowest BCUT2D eigenvalue weighted by atomic mass is 9.85. The number of benzene rings is 2. The zero-order valence-electron chi connectivity index (χ0n) is 27.8. The fourth-order valence-corrected chi connectivity index (χ4v) is 6.63. The van der Waals surface area contributed by atoms with Gasteiger partial charge in [-0.05, 0) is 47.9 Å². The van der Waals surface area contributed by atoms with Crippen molar-refractivity contribution in [2.45, 2.75) is 113 Å². The van der Waals surface area contributed by atoms with Crippen LogP contribution in [0.25, 0.3) is 0 Å². The number of hydrogen-bond donors (Lipinski definition) is 8. The molecule has 12 N–H and O–H groups in total. The smallest absolute Gasteiger partial charge is 0.109 e. The van der Waals surface area contributed by atoms with Gasteiger partial charge in [0, 0.05) is 24.2 Å². The number of aromatic nitrogens is 6. The second-order valence-corrected chi connectivity index (χ2v) is 13.6. The van der Waals surface area contributed by atoms with Crippen molar-refractivity contribution in [3.05, 3.63) is 94.6 Å². The fourth-order valence-electron chi connectivity index (χ4n) is 6.63. The summed E-state index contributed by atoms with van der Waals surface area (Å²) in [7, 11) is 0. The van der Waals surface area contributed by atoms with Gasteiger partial charge in [-0.15, -0.1) is 10.2 Å². The Balaban J connectivity index is 0.922. The lowest BCUT2D eigenvalue weighted by Crippen LogP contribution is -2.61. The zero-order valence-corrected chi connectivity index (χ0v) is 27.8. The molecule has 4 aromatic rings. The first kappa shape index (κ1) is 36.1. The van der Waals surface area contributed by atoms with Gasteiger partial charge in [0.1, 0.15) is 35.8 Å². The summed E-state index contributed by atoms with van der Waals surface area (Å²) in [5.74, 6) is 0. The quantitative estimate of drug-likeness (QED) is 0.0760. The standard InChI is InChI=1S/C34H48N10O6/c35-25-11-27(37)33(31(47)29(25)45)49-17-23-15-43(41-39-23)13-21-7-3-19(4-8-21)1-2-20-5-9-22(10-6-20)14-44-16-24(40-42-44)18-50-34-28(38)12-26(36)30(46)32(34)48/h3-10,15-16,25-34,45-48H,1-2,11-14,17-18,35-38H2/t25-,26-,27+,28+,29+,30+,31-,32-,33-,34-/m1/s1. The SMILES string of the molecule is N[C@@H]1C[C@H](N)[C@@H](OCc2cn(Cc3ccc(CCc4ccc(Cn5cc(CO[C@H]6[C@H](O)[C@@H](O)[C@H](N)C[C@@H]6N)nn5)cc4)cc3)nn2)[C@H](O)[C@H]1O. The van der Waals surface area contributed by atoms with Crippen LogP contribution in [0.5, 0.6) is 0 Å². The van der Waals surface area contributed by atoms with Crippen LogP contribution < -0.4 is 22.9 Å². The highest BCUT2D eigenvalue weighted by atomic mass is 16.5. The molecule has 2 fully saturated rings. The number of aryl methyl sites for hydroxylation is 2. The van der Waals surface area contributed by atoms with E-state index in [9.17, 15) is 20.4 Å². The second-order valence-electron chi connectivity index (χ2n) is 13.6. The molecule has 0 aliphatic heterocycles. The summed E-state index contributed by atoms with van der Waals surface area (Å²) >= 11 is 0. The van der Waals surface area contributed by atoms with E-state index in [1.54, 1.807) is 21.8 Å². The predicted molar refractivity (Wildman–Crippen MR) is 181 cm³/mol. The minimum Gasteiger partial charge on any atom is -0.389 e. The summed E-state index contributed by atoms with van der Waals surface area (Å²) in [6, 6.07) is 14.7. The Bertz CT molecular complexity index is 1530. The molecule has 50 heavy (non-hydrogen) atoms. The normalized spacial score (nSPS) is 30.1. The summed E-state index contributed by atoms with van der Waals surface area (Å²) in [5, 5.41) is 57.5. The van der Waals surface area contributed by atoms with Gasteiger partial charge >= 0.3 is 0 Å². The number of aliphatic hydroxyl groups is 4. The molecule has 0 radical (unpaired) electrons. The first-order chi connectivity index (χ1) is 24.0. The van der Waals surface area contributed by atoms with E-state index in [0.29, 0.717) is 37.3 Å². The monoisotopic (exact) mass is 692 g/mol. The average Bonchev–Trinajstić information content (AvgIpc) is 3.75. The second kappa shape index (κ2) is 16.1. The minimum atomic E-state index is -1.16. The Labute approximate surface area is 290 Å². The van der Waals surface area contributed by atoms with Gasteiger partial charge in [-0.3, -0.25) is 0 Å². The first-order valence-corrected chi connectivity index (χ1v) is 17.0. The summed E-state index contributed by atoms with van der Waals surface area (Å²) in [5.41, 5.74) is 29.6. The Morgan fingerprint density at radius 1 is 0.540 bits per heavy atom. The van der Waals surface area contributed by atoms with Gasteiger partial charge in [-0.2, -0.15) is 0 Å². The highest BCUT2D eigenvalue weighted by Crippen LogP contribution is 2.23.